The first kappa shape index (κ1) is 23.1. The van der Waals surface area contributed by atoms with Gasteiger partial charge in [0.05, 0.1) is 19.8 Å². The van der Waals surface area contributed by atoms with E-state index in [0.29, 0.717) is 13.2 Å². The average molecular weight is 345 g/mol. The van der Waals surface area contributed by atoms with E-state index in [1.54, 1.807) is 0 Å². The molecule has 1 unspecified atom stereocenters. The van der Waals surface area contributed by atoms with Crippen LogP contribution in [0.15, 0.2) is 12.7 Å². The molecule has 1 N–H and O–H groups in total. The van der Waals surface area contributed by atoms with Crippen LogP contribution in [0.1, 0.15) is 44.9 Å². The summed E-state index contributed by atoms with van der Waals surface area (Å²) >= 11 is 0. The Morgan fingerprint density at radius 3 is 2.00 bits per heavy atom. The summed E-state index contributed by atoms with van der Waals surface area (Å²) in [5.74, 6) is 0. The molecule has 0 spiro atoms. The Balaban J connectivity index is 3.79. The number of hydrogen-bond acceptors (Lipinski definition) is 4. The Labute approximate surface area is 145 Å². The van der Waals surface area contributed by atoms with Crippen molar-refractivity contribution in [3.63, 3.8) is 0 Å². The van der Waals surface area contributed by atoms with Crippen LogP contribution < -0.4 is 5.32 Å². The van der Waals surface area contributed by atoms with Crippen LogP contribution in [-0.4, -0.2) is 40.1 Å². The summed E-state index contributed by atoms with van der Waals surface area (Å²) in [4.78, 5) is 0. The molecule has 23 heavy (non-hydrogen) atoms. The van der Waals surface area contributed by atoms with Gasteiger partial charge in [-0.25, -0.2) is 0 Å². The van der Waals surface area contributed by atoms with E-state index in [4.69, 9.17) is 13.6 Å². The highest BCUT2D eigenvalue weighted by Crippen LogP contribution is 2.40. The summed E-state index contributed by atoms with van der Waals surface area (Å²) in [5, 5.41) is 3.15. The van der Waals surface area contributed by atoms with Gasteiger partial charge in [0.2, 0.25) is 0 Å². The molecule has 0 aromatic rings. The number of unbranched alkanes of at least 4 members (excludes halogenated alkanes) is 4. The first-order valence-electron chi connectivity index (χ1n) is 9.15. The third-order valence-corrected chi connectivity index (χ3v) is 4.57. The van der Waals surface area contributed by atoms with E-state index in [1.807, 2.05) is 13.1 Å². The maximum Gasteiger partial charge on any atom is 0.332 e. The van der Waals surface area contributed by atoms with Crippen molar-refractivity contribution in [1.82, 2.24) is 5.32 Å². The summed E-state index contributed by atoms with van der Waals surface area (Å²) < 4.78 is 17.4. The van der Waals surface area contributed by atoms with Crippen molar-refractivity contribution >= 4 is 15.3 Å². The molecule has 0 fully saturated rings. The molecule has 0 saturated carbocycles. The standard InChI is InChI=1S/C17H37BNO3P/c1-5-6-7-10-15-20-23(22-17-12-9-14-19-4)21-16-11-8-13-18(2)3/h5,19H,1,6-17H2,2-4H3. The smallest absolute Gasteiger partial charge is 0.320 e. The molecule has 0 rings (SSSR count). The van der Waals surface area contributed by atoms with E-state index in [9.17, 15) is 0 Å². The zero-order valence-corrected chi connectivity index (χ0v) is 16.4. The summed E-state index contributed by atoms with van der Waals surface area (Å²) in [6, 6.07) is 0. The van der Waals surface area contributed by atoms with Crippen molar-refractivity contribution in [2.24, 2.45) is 0 Å². The fraction of sp³-hybridized carbons (Fsp3) is 0.882. The summed E-state index contributed by atoms with van der Waals surface area (Å²) in [6.07, 6.45) is 10.9. The minimum Gasteiger partial charge on any atom is -0.320 e. The van der Waals surface area contributed by atoms with Gasteiger partial charge in [-0.05, 0) is 52.1 Å². The van der Waals surface area contributed by atoms with Crippen LogP contribution in [0.3, 0.4) is 0 Å². The van der Waals surface area contributed by atoms with Gasteiger partial charge in [-0.15, -0.1) is 6.58 Å². The van der Waals surface area contributed by atoms with Gasteiger partial charge in [0.25, 0.3) is 0 Å². The van der Waals surface area contributed by atoms with Gasteiger partial charge < -0.3 is 18.9 Å². The second-order valence-electron chi connectivity index (χ2n) is 6.21. The van der Waals surface area contributed by atoms with E-state index >= 15 is 0 Å². The Morgan fingerprint density at radius 2 is 1.48 bits per heavy atom. The van der Waals surface area contributed by atoms with E-state index in [0.717, 1.165) is 58.4 Å². The molecule has 0 heterocycles. The van der Waals surface area contributed by atoms with Crippen molar-refractivity contribution in [2.75, 3.05) is 33.4 Å². The minimum atomic E-state index is -1.18. The predicted octanol–water partition coefficient (Wildman–Crippen LogP) is 5.15. The van der Waals surface area contributed by atoms with E-state index in [1.165, 1.54) is 12.7 Å². The van der Waals surface area contributed by atoms with Crippen LogP contribution in [0.4, 0.5) is 0 Å². The van der Waals surface area contributed by atoms with Gasteiger partial charge in [-0.1, -0.05) is 32.5 Å². The van der Waals surface area contributed by atoms with E-state index in [2.05, 4.69) is 25.5 Å². The zero-order valence-electron chi connectivity index (χ0n) is 15.5. The average Bonchev–Trinajstić information content (AvgIpc) is 2.53. The summed E-state index contributed by atoms with van der Waals surface area (Å²) in [6.45, 7) is 12.2. The molecule has 1 atom stereocenters. The topological polar surface area (TPSA) is 39.7 Å². The Hall–Kier alpha value is 0.0749. The Morgan fingerprint density at radius 1 is 0.913 bits per heavy atom. The number of nitrogens with one attached hydrogen (secondary N) is 1. The second-order valence-corrected chi connectivity index (χ2v) is 7.43. The van der Waals surface area contributed by atoms with Gasteiger partial charge in [0.1, 0.15) is 6.71 Å². The van der Waals surface area contributed by atoms with Crippen molar-refractivity contribution < 1.29 is 13.6 Å². The number of rotatable bonds is 18. The van der Waals surface area contributed by atoms with Crippen molar-refractivity contribution in [2.45, 2.75) is 64.9 Å². The van der Waals surface area contributed by atoms with Gasteiger partial charge in [-0.3, -0.25) is 0 Å². The molecule has 136 valence electrons. The van der Waals surface area contributed by atoms with Gasteiger partial charge in [0.15, 0.2) is 0 Å². The quantitative estimate of drug-likeness (QED) is 0.161. The first-order chi connectivity index (χ1) is 11.2. The maximum atomic E-state index is 5.82. The lowest BCUT2D eigenvalue weighted by molar-refractivity contribution is 0.155. The van der Waals surface area contributed by atoms with Crippen LogP contribution >= 0.6 is 8.60 Å². The molecule has 6 heteroatoms. The van der Waals surface area contributed by atoms with Gasteiger partial charge in [-0.2, -0.15) is 0 Å². The molecule has 0 aromatic carbocycles. The van der Waals surface area contributed by atoms with Crippen LogP contribution in [0.5, 0.6) is 0 Å². The third-order valence-electron chi connectivity index (χ3n) is 3.39. The van der Waals surface area contributed by atoms with Crippen molar-refractivity contribution in [3.8, 4) is 0 Å². The lowest BCUT2D eigenvalue weighted by Crippen LogP contribution is -2.08. The highest BCUT2D eigenvalue weighted by molar-refractivity contribution is 7.41. The van der Waals surface area contributed by atoms with Crippen LogP contribution in [0.2, 0.25) is 20.0 Å². The molecular formula is C17H37BNO3P. The Bertz CT molecular complexity index is 258. The lowest BCUT2D eigenvalue weighted by atomic mass is 9.51. The molecule has 0 radical (unpaired) electrons. The Kier molecular flexibility index (Phi) is 18.5. The van der Waals surface area contributed by atoms with E-state index < -0.39 is 8.60 Å². The fourth-order valence-electron chi connectivity index (χ4n) is 1.98. The summed E-state index contributed by atoms with van der Waals surface area (Å²) in [5.41, 5.74) is 0. The van der Waals surface area contributed by atoms with Crippen LogP contribution in [-0.2, 0) is 13.6 Å². The first-order valence-corrected chi connectivity index (χ1v) is 10.2. The van der Waals surface area contributed by atoms with Gasteiger partial charge in [0, 0.05) is 0 Å². The molecule has 4 nitrogen and oxygen atoms in total. The largest absolute Gasteiger partial charge is 0.332 e. The van der Waals surface area contributed by atoms with Crippen molar-refractivity contribution in [1.29, 1.82) is 0 Å². The minimum absolute atomic E-state index is 0.710. The maximum absolute atomic E-state index is 5.82. The number of allylic oxidation sites excluding steroid dienone is 1. The van der Waals surface area contributed by atoms with Crippen LogP contribution in [0.25, 0.3) is 0 Å². The molecule has 0 aliphatic heterocycles. The molecular weight excluding hydrogens is 308 g/mol. The second kappa shape index (κ2) is 18.4. The van der Waals surface area contributed by atoms with E-state index in [-0.39, 0.29) is 0 Å². The normalized spacial score (nSPS) is 12.3. The lowest BCUT2D eigenvalue weighted by Gasteiger charge is -2.17. The molecule has 0 saturated heterocycles. The zero-order chi connectivity index (χ0) is 17.2. The fourth-order valence-corrected chi connectivity index (χ4v) is 3.04. The monoisotopic (exact) mass is 345 g/mol. The van der Waals surface area contributed by atoms with Gasteiger partial charge >= 0.3 is 8.60 Å². The third kappa shape index (κ3) is 18.3. The summed E-state index contributed by atoms with van der Waals surface area (Å²) in [7, 11) is 0.792. The number of hydrogen-bond donors (Lipinski definition) is 1. The molecule has 0 aromatic heterocycles. The predicted molar refractivity (Wildman–Crippen MR) is 104 cm³/mol. The van der Waals surface area contributed by atoms with Crippen LogP contribution in [0, 0.1) is 0 Å². The SMILES string of the molecule is C=CCCCCOP(OCCCCNC)OCCCCB(C)C. The van der Waals surface area contributed by atoms with Crippen molar-refractivity contribution in [3.05, 3.63) is 12.7 Å². The molecule has 0 amide bonds. The highest BCUT2D eigenvalue weighted by Gasteiger charge is 2.12. The highest BCUT2D eigenvalue weighted by atomic mass is 31.2. The molecule has 0 aliphatic carbocycles. The molecule has 0 bridgehead atoms. The molecule has 0 aliphatic rings.